The van der Waals surface area contributed by atoms with Gasteiger partial charge in [0.25, 0.3) is 5.91 Å². The summed E-state index contributed by atoms with van der Waals surface area (Å²) in [5.41, 5.74) is 1.63. The van der Waals surface area contributed by atoms with E-state index in [-0.39, 0.29) is 18.1 Å². The summed E-state index contributed by atoms with van der Waals surface area (Å²) in [6.45, 7) is 2.43. The third-order valence-electron chi connectivity index (χ3n) is 4.56. The van der Waals surface area contributed by atoms with Gasteiger partial charge in [-0.1, -0.05) is 0 Å². The molecule has 122 valence electrons. The largest absolute Gasteiger partial charge is 0.367 e. The normalized spacial score (nSPS) is 24.0. The second-order valence-electron chi connectivity index (χ2n) is 6.44. The smallest absolute Gasteiger partial charge is 0.253 e. The van der Waals surface area contributed by atoms with Gasteiger partial charge in [0.15, 0.2) is 11.6 Å². The number of carbonyl (C=O) groups is 1. The summed E-state index contributed by atoms with van der Waals surface area (Å²) in [7, 11) is 0. The zero-order valence-electron chi connectivity index (χ0n) is 13.1. The van der Waals surface area contributed by atoms with Crippen molar-refractivity contribution >= 4 is 5.91 Å². The number of nitrogens with zero attached hydrogens (tertiary/aromatic N) is 2. The topological polar surface area (TPSA) is 95.7 Å². The minimum Gasteiger partial charge on any atom is -0.367 e. The van der Waals surface area contributed by atoms with Gasteiger partial charge in [-0.25, -0.2) is 4.98 Å². The molecule has 2 aromatic heterocycles. The molecule has 0 bridgehead atoms. The zero-order chi connectivity index (χ0) is 15.8. The third kappa shape index (κ3) is 3.01. The van der Waals surface area contributed by atoms with Gasteiger partial charge in [0.2, 0.25) is 0 Å². The Hall–Kier alpha value is -2.15. The van der Waals surface area contributed by atoms with Crippen molar-refractivity contribution in [2.45, 2.75) is 50.7 Å². The first kappa shape index (κ1) is 14.4. The summed E-state index contributed by atoms with van der Waals surface area (Å²) in [6.07, 6.45) is 7.73. The molecule has 1 amide bonds. The minimum absolute atomic E-state index is 0.0256. The lowest BCUT2D eigenvalue weighted by Crippen LogP contribution is -2.32. The maximum absolute atomic E-state index is 12.1. The van der Waals surface area contributed by atoms with Gasteiger partial charge in [-0.3, -0.25) is 9.89 Å². The minimum atomic E-state index is -0.0634. The highest BCUT2D eigenvalue weighted by Gasteiger charge is 2.32. The molecule has 4 rings (SSSR count). The van der Waals surface area contributed by atoms with Crippen molar-refractivity contribution in [3.05, 3.63) is 35.2 Å². The first-order valence-electron chi connectivity index (χ1n) is 8.20. The van der Waals surface area contributed by atoms with Crippen LogP contribution in [0.2, 0.25) is 0 Å². The fourth-order valence-electron chi connectivity index (χ4n) is 3.00. The number of aryl methyl sites for hydroxylation is 1. The summed E-state index contributed by atoms with van der Waals surface area (Å²) >= 11 is 0. The molecule has 7 nitrogen and oxygen atoms in total. The fourth-order valence-corrected chi connectivity index (χ4v) is 3.00. The molecule has 0 spiro atoms. The molecule has 0 unspecified atom stereocenters. The molecule has 1 aliphatic heterocycles. The molecule has 0 radical (unpaired) electrons. The van der Waals surface area contributed by atoms with Crippen LogP contribution in [0.4, 0.5) is 0 Å². The first-order valence-corrected chi connectivity index (χ1v) is 8.20. The number of carbonyl (C=O) groups excluding carboxylic acids is 1. The van der Waals surface area contributed by atoms with Crippen LogP contribution in [0.1, 0.15) is 65.3 Å². The molecule has 7 heteroatoms. The quantitative estimate of drug-likeness (QED) is 0.786. The van der Waals surface area contributed by atoms with Crippen LogP contribution >= 0.6 is 0 Å². The molecule has 2 fully saturated rings. The van der Waals surface area contributed by atoms with E-state index < -0.39 is 0 Å². The Kier molecular flexibility index (Phi) is 3.65. The van der Waals surface area contributed by atoms with Crippen molar-refractivity contribution < 1.29 is 9.53 Å². The third-order valence-corrected chi connectivity index (χ3v) is 4.56. The molecule has 1 saturated heterocycles. The van der Waals surface area contributed by atoms with E-state index >= 15 is 0 Å². The number of hydrogen-bond acceptors (Lipinski definition) is 4. The number of rotatable bonds is 5. The van der Waals surface area contributed by atoms with Gasteiger partial charge in [0.1, 0.15) is 6.10 Å². The highest BCUT2D eigenvalue weighted by Crippen LogP contribution is 2.39. The second kappa shape index (κ2) is 5.81. The van der Waals surface area contributed by atoms with Gasteiger partial charge in [-0.2, -0.15) is 5.10 Å². The monoisotopic (exact) mass is 315 g/mol. The number of aromatic amines is 2. The number of ether oxygens (including phenoxy) is 1. The predicted molar refractivity (Wildman–Crippen MR) is 83.1 cm³/mol. The van der Waals surface area contributed by atoms with Crippen molar-refractivity contribution in [1.82, 2.24) is 25.5 Å². The van der Waals surface area contributed by atoms with Gasteiger partial charge >= 0.3 is 0 Å². The molecule has 1 saturated carbocycles. The van der Waals surface area contributed by atoms with Crippen molar-refractivity contribution in [3.8, 4) is 0 Å². The van der Waals surface area contributed by atoms with Gasteiger partial charge in [-0.05, 0) is 38.2 Å². The van der Waals surface area contributed by atoms with E-state index in [0.29, 0.717) is 18.0 Å². The first-order chi connectivity index (χ1) is 11.2. The average molecular weight is 315 g/mol. The van der Waals surface area contributed by atoms with Crippen molar-refractivity contribution in [2.75, 3.05) is 6.54 Å². The number of nitrogens with one attached hydrogen (secondary N) is 3. The maximum atomic E-state index is 12.1. The number of amides is 1. The van der Waals surface area contributed by atoms with Gasteiger partial charge in [0.05, 0.1) is 11.7 Å². The van der Waals surface area contributed by atoms with E-state index in [1.165, 1.54) is 12.8 Å². The Morgan fingerprint density at radius 1 is 1.35 bits per heavy atom. The van der Waals surface area contributed by atoms with Crippen molar-refractivity contribution in [3.63, 3.8) is 0 Å². The lowest BCUT2D eigenvalue weighted by Gasteiger charge is -2.13. The van der Waals surface area contributed by atoms with E-state index in [0.717, 1.165) is 30.1 Å². The van der Waals surface area contributed by atoms with Crippen LogP contribution in [0.5, 0.6) is 0 Å². The van der Waals surface area contributed by atoms with Gasteiger partial charge in [-0.15, -0.1) is 0 Å². The van der Waals surface area contributed by atoms with Crippen LogP contribution in [0.3, 0.4) is 0 Å². The Balaban J connectivity index is 1.30. The summed E-state index contributed by atoms with van der Waals surface area (Å²) in [6, 6.07) is 0. The van der Waals surface area contributed by atoms with E-state index in [1.807, 2.05) is 13.1 Å². The maximum Gasteiger partial charge on any atom is 0.253 e. The summed E-state index contributed by atoms with van der Waals surface area (Å²) in [5, 5.41) is 10.2. The van der Waals surface area contributed by atoms with Crippen LogP contribution in [0.15, 0.2) is 12.4 Å². The summed E-state index contributed by atoms with van der Waals surface area (Å²) in [4.78, 5) is 19.6. The van der Waals surface area contributed by atoms with Gasteiger partial charge in [0, 0.05) is 24.9 Å². The highest BCUT2D eigenvalue weighted by molar-refractivity contribution is 5.95. The molecule has 2 aromatic rings. The van der Waals surface area contributed by atoms with E-state index in [1.54, 1.807) is 6.20 Å². The average Bonchev–Trinajstić information content (AvgIpc) is 2.96. The van der Waals surface area contributed by atoms with Crippen LogP contribution in [-0.4, -0.2) is 38.7 Å². The molecule has 0 aromatic carbocycles. The van der Waals surface area contributed by atoms with Crippen molar-refractivity contribution in [1.29, 1.82) is 0 Å². The van der Waals surface area contributed by atoms with E-state index in [9.17, 15) is 4.79 Å². The van der Waals surface area contributed by atoms with E-state index in [4.69, 9.17) is 4.74 Å². The predicted octanol–water partition coefficient (Wildman–Crippen LogP) is 1.97. The Labute approximate surface area is 134 Å². The SMILES string of the molecule is Cc1c[nH]cc1C(=O)NC[C@H]1CC[C@@H](c2nc(C3CC3)n[nH]2)O1. The molecule has 3 N–H and O–H groups in total. The molecular formula is C16H21N5O2. The Morgan fingerprint density at radius 2 is 2.22 bits per heavy atom. The zero-order valence-corrected chi connectivity index (χ0v) is 13.1. The lowest BCUT2D eigenvalue weighted by atomic mass is 10.1. The number of hydrogen-bond donors (Lipinski definition) is 3. The molecule has 2 atom stereocenters. The second-order valence-corrected chi connectivity index (χ2v) is 6.44. The van der Waals surface area contributed by atoms with Crippen LogP contribution in [0, 0.1) is 6.92 Å². The van der Waals surface area contributed by atoms with Crippen LogP contribution in [-0.2, 0) is 4.74 Å². The highest BCUT2D eigenvalue weighted by atomic mass is 16.5. The standard InChI is InChI=1S/C16H21N5O2/c1-9-6-17-8-12(9)16(22)18-7-11-4-5-13(23-11)15-19-14(20-21-15)10-2-3-10/h6,8,10-11,13,17H,2-5,7H2,1H3,(H,18,22)(H,19,20,21)/t11-,13+/m1/s1. The summed E-state index contributed by atoms with van der Waals surface area (Å²) < 4.78 is 6.00. The van der Waals surface area contributed by atoms with Crippen LogP contribution < -0.4 is 5.32 Å². The molecule has 23 heavy (non-hydrogen) atoms. The van der Waals surface area contributed by atoms with Gasteiger partial charge < -0.3 is 15.0 Å². The molecule has 3 heterocycles. The molecular weight excluding hydrogens is 294 g/mol. The molecule has 2 aliphatic rings. The summed E-state index contributed by atoms with van der Waals surface area (Å²) in [5.74, 6) is 2.22. The number of H-pyrrole nitrogens is 2. The fraction of sp³-hybridized carbons (Fsp3) is 0.562. The Morgan fingerprint density at radius 3 is 2.96 bits per heavy atom. The number of aromatic nitrogens is 4. The van der Waals surface area contributed by atoms with Crippen LogP contribution in [0.25, 0.3) is 0 Å². The van der Waals surface area contributed by atoms with Crippen molar-refractivity contribution in [2.24, 2.45) is 0 Å². The molecule has 1 aliphatic carbocycles. The van der Waals surface area contributed by atoms with E-state index in [2.05, 4.69) is 25.5 Å². The Bertz CT molecular complexity index is 703. The lowest BCUT2D eigenvalue weighted by molar-refractivity contribution is 0.0392.